The van der Waals surface area contributed by atoms with Gasteiger partial charge in [0, 0.05) is 23.7 Å². The fourth-order valence-corrected chi connectivity index (χ4v) is 3.16. The summed E-state index contributed by atoms with van der Waals surface area (Å²) >= 11 is 2.64. The summed E-state index contributed by atoms with van der Waals surface area (Å²) in [6.45, 7) is 1.62. The van der Waals surface area contributed by atoms with E-state index in [0.717, 1.165) is 17.5 Å². The van der Waals surface area contributed by atoms with E-state index in [-0.39, 0.29) is 19.0 Å². The number of hydrogen-bond acceptors (Lipinski definition) is 5. The molecule has 0 atom stereocenters. The van der Waals surface area contributed by atoms with Gasteiger partial charge in [-0.3, -0.25) is 0 Å². The molecule has 0 rings (SSSR count). The highest BCUT2D eigenvalue weighted by molar-refractivity contribution is 8.02. The van der Waals surface area contributed by atoms with Gasteiger partial charge in [-0.05, 0) is 5.75 Å². The molecule has 0 aromatic heterocycles. The topological polar surface area (TPSA) is 38.7 Å². The lowest BCUT2D eigenvalue weighted by atomic mass is 10.2. The van der Waals surface area contributed by atoms with Gasteiger partial charge < -0.3 is 14.6 Å². The Labute approximate surface area is 135 Å². The molecule has 0 unspecified atom stereocenters. The van der Waals surface area contributed by atoms with Gasteiger partial charge in [0.05, 0.1) is 33.0 Å². The van der Waals surface area contributed by atoms with Crippen LogP contribution in [0.15, 0.2) is 0 Å². The molecule has 0 saturated heterocycles. The number of hydrogen-bond donors (Lipinski definition) is 1. The molecule has 0 radical (unpaired) electrons. The second-order valence-electron chi connectivity index (χ2n) is 4.13. The number of aliphatic hydroxyl groups is 1. The van der Waals surface area contributed by atoms with Gasteiger partial charge in [0.25, 0.3) is 0 Å². The monoisotopic (exact) mass is 372 g/mol. The van der Waals surface area contributed by atoms with Crippen molar-refractivity contribution in [2.24, 2.45) is 0 Å². The molecule has 0 aliphatic heterocycles. The van der Waals surface area contributed by atoms with Crippen molar-refractivity contribution < 1.29 is 36.5 Å². The lowest BCUT2D eigenvalue weighted by Crippen LogP contribution is -2.36. The van der Waals surface area contributed by atoms with Gasteiger partial charge in [-0.15, -0.1) is 0 Å². The van der Waals surface area contributed by atoms with Crippen molar-refractivity contribution in [3.8, 4) is 0 Å². The van der Waals surface area contributed by atoms with Gasteiger partial charge in [-0.25, -0.2) is 0 Å². The first kappa shape index (κ1) is 22.2. The van der Waals surface area contributed by atoms with Gasteiger partial charge in [-0.2, -0.15) is 45.5 Å². The zero-order valence-electron chi connectivity index (χ0n) is 12.0. The predicted molar refractivity (Wildman–Crippen MR) is 79.0 cm³/mol. The van der Waals surface area contributed by atoms with Crippen LogP contribution in [0.25, 0.3) is 0 Å². The van der Waals surface area contributed by atoms with E-state index in [4.69, 9.17) is 14.6 Å². The van der Waals surface area contributed by atoms with Crippen molar-refractivity contribution in [2.75, 3.05) is 56.0 Å². The Morgan fingerprint density at radius 3 is 1.82 bits per heavy atom. The van der Waals surface area contributed by atoms with E-state index >= 15 is 0 Å². The average Bonchev–Trinajstić information content (AvgIpc) is 2.42. The smallest absolute Gasteiger partial charge is 0.394 e. The first-order valence-corrected chi connectivity index (χ1v) is 8.98. The summed E-state index contributed by atoms with van der Waals surface area (Å²) < 4.78 is 71.0. The van der Waals surface area contributed by atoms with Crippen LogP contribution in [-0.4, -0.2) is 73.3 Å². The molecule has 0 aliphatic carbocycles. The molecule has 0 amide bonds. The molecule has 22 heavy (non-hydrogen) atoms. The van der Waals surface area contributed by atoms with E-state index in [1.54, 1.807) is 11.8 Å². The van der Waals surface area contributed by atoms with Crippen LogP contribution >= 0.6 is 23.5 Å². The summed E-state index contributed by atoms with van der Waals surface area (Å²) in [6, 6.07) is 0. The Hall–Kier alpha value is 0.230. The van der Waals surface area contributed by atoms with Gasteiger partial charge in [0.15, 0.2) is 0 Å². The molecule has 10 heteroatoms. The lowest BCUT2D eigenvalue weighted by Gasteiger charge is -2.18. The molecule has 0 bridgehead atoms. The number of ether oxygens (including phenoxy) is 2. The molecule has 0 saturated carbocycles. The van der Waals surface area contributed by atoms with E-state index in [1.807, 2.05) is 0 Å². The van der Waals surface area contributed by atoms with Crippen LogP contribution in [0.4, 0.5) is 22.0 Å². The van der Waals surface area contributed by atoms with E-state index < -0.39 is 18.5 Å². The molecule has 0 aliphatic rings. The number of halogens is 5. The number of rotatable bonds is 14. The molecule has 0 fully saturated rings. The maximum absolute atomic E-state index is 12.6. The van der Waals surface area contributed by atoms with Crippen LogP contribution in [0.2, 0.25) is 0 Å². The molecule has 0 aromatic carbocycles. The largest absolute Gasteiger partial charge is 0.453 e. The SMILES string of the molecule is OCCOCCOCCSCCSCCC(F)(F)C(F)(F)F. The Morgan fingerprint density at radius 2 is 1.27 bits per heavy atom. The third-order valence-electron chi connectivity index (χ3n) is 2.33. The van der Waals surface area contributed by atoms with Gasteiger partial charge in [0.1, 0.15) is 0 Å². The highest BCUT2D eigenvalue weighted by Gasteiger charge is 2.56. The zero-order chi connectivity index (χ0) is 16.9. The van der Waals surface area contributed by atoms with E-state index in [0.29, 0.717) is 31.3 Å². The van der Waals surface area contributed by atoms with Crippen molar-refractivity contribution in [1.29, 1.82) is 0 Å². The normalized spacial score (nSPS) is 12.8. The van der Waals surface area contributed by atoms with E-state index in [1.165, 1.54) is 0 Å². The van der Waals surface area contributed by atoms with E-state index in [9.17, 15) is 22.0 Å². The molecule has 0 heterocycles. The molecule has 3 nitrogen and oxygen atoms in total. The highest BCUT2D eigenvalue weighted by atomic mass is 32.2. The number of alkyl halides is 5. The molecule has 0 aromatic rings. The van der Waals surface area contributed by atoms with Crippen molar-refractivity contribution >= 4 is 23.5 Å². The third kappa shape index (κ3) is 11.8. The Balaban J connectivity index is 3.28. The summed E-state index contributed by atoms with van der Waals surface area (Å²) in [5, 5.41) is 8.44. The third-order valence-corrected chi connectivity index (χ3v) is 4.52. The second-order valence-corrected chi connectivity index (χ2v) is 6.57. The first-order chi connectivity index (χ1) is 10.3. The van der Waals surface area contributed by atoms with Crippen LogP contribution in [0.1, 0.15) is 6.42 Å². The Morgan fingerprint density at radius 1 is 0.727 bits per heavy atom. The first-order valence-electron chi connectivity index (χ1n) is 6.67. The molecule has 134 valence electrons. The van der Waals surface area contributed by atoms with Crippen molar-refractivity contribution in [2.45, 2.75) is 18.5 Å². The fraction of sp³-hybridized carbons (Fsp3) is 1.00. The average molecular weight is 372 g/mol. The molecular weight excluding hydrogens is 351 g/mol. The van der Waals surface area contributed by atoms with E-state index in [2.05, 4.69) is 0 Å². The minimum Gasteiger partial charge on any atom is -0.394 e. The summed E-state index contributed by atoms with van der Waals surface area (Å²) in [4.78, 5) is 0. The Kier molecular flexibility index (Phi) is 12.8. The predicted octanol–water partition coefficient (Wildman–Crippen LogP) is 3.07. The van der Waals surface area contributed by atoms with Gasteiger partial charge in [-0.1, -0.05) is 0 Å². The van der Waals surface area contributed by atoms with Gasteiger partial charge in [0.2, 0.25) is 0 Å². The molecular formula is C12H21F5O3S2. The summed E-state index contributed by atoms with van der Waals surface area (Å²) in [5.41, 5.74) is 0. The van der Waals surface area contributed by atoms with Gasteiger partial charge >= 0.3 is 12.1 Å². The number of aliphatic hydroxyl groups excluding tert-OH is 1. The summed E-state index contributed by atoms with van der Waals surface area (Å²) in [6.07, 6.45) is -6.64. The van der Waals surface area contributed by atoms with Crippen LogP contribution in [0.5, 0.6) is 0 Å². The van der Waals surface area contributed by atoms with Crippen molar-refractivity contribution in [3.05, 3.63) is 0 Å². The Bertz CT molecular complexity index is 268. The maximum atomic E-state index is 12.6. The number of thioether (sulfide) groups is 2. The minimum atomic E-state index is -5.46. The molecule has 1 N–H and O–H groups in total. The quantitative estimate of drug-likeness (QED) is 0.375. The zero-order valence-corrected chi connectivity index (χ0v) is 13.7. The molecule has 0 spiro atoms. The summed E-state index contributed by atoms with van der Waals surface area (Å²) in [7, 11) is 0. The van der Waals surface area contributed by atoms with Crippen LogP contribution in [0.3, 0.4) is 0 Å². The lowest BCUT2D eigenvalue weighted by molar-refractivity contribution is -0.282. The fourth-order valence-electron chi connectivity index (χ4n) is 1.17. The van der Waals surface area contributed by atoms with Crippen molar-refractivity contribution in [1.82, 2.24) is 0 Å². The second kappa shape index (κ2) is 12.6. The van der Waals surface area contributed by atoms with Crippen molar-refractivity contribution in [3.63, 3.8) is 0 Å². The van der Waals surface area contributed by atoms with Crippen LogP contribution in [0, 0.1) is 0 Å². The standard InChI is InChI=1S/C12H21F5O3S2/c13-11(14,12(15,16)17)1-7-21-9-10-22-8-6-20-5-4-19-3-2-18/h18H,1-10H2. The summed E-state index contributed by atoms with van der Waals surface area (Å²) in [5.74, 6) is -2.89. The minimum absolute atomic E-state index is 0.0254. The maximum Gasteiger partial charge on any atom is 0.453 e. The van der Waals surface area contributed by atoms with Crippen LogP contribution < -0.4 is 0 Å². The van der Waals surface area contributed by atoms with Crippen LogP contribution in [-0.2, 0) is 9.47 Å². The highest BCUT2D eigenvalue weighted by Crippen LogP contribution is 2.38.